The Hall–Kier alpha value is -15.3. The number of amides is 2. The molecule has 0 bridgehead atoms. The molecular weight excluding hydrogens is 1520 g/mol. The molecule has 122 heavy (non-hydrogen) atoms. The van der Waals surface area contributed by atoms with E-state index in [1.165, 1.54) is 0 Å². The Balaban J connectivity index is 0.000000212. The van der Waals surface area contributed by atoms with Gasteiger partial charge in [0.1, 0.15) is 57.1 Å². The molecule has 1 saturated heterocycles. The fraction of sp³-hybridized carbons (Fsp3) is 0.103. The lowest BCUT2D eigenvalue weighted by molar-refractivity contribution is 0.0250. The maximum absolute atomic E-state index is 14.2. The van der Waals surface area contributed by atoms with Gasteiger partial charge in [-0.15, -0.1) is 0 Å². The molecule has 15 aromatic rings. The molecule has 2 amide bonds. The quantitative estimate of drug-likeness (QED) is 0.0342. The highest BCUT2D eigenvalue weighted by Crippen LogP contribution is 2.52. The van der Waals surface area contributed by atoms with E-state index in [0.717, 1.165) is 78.1 Å². The van der Waals surface area contributed by atoms with Gasteiger partial charge in [0.05, 0.1) is 39.0 Å². The summed E-state index contributed by atoms with van der Waals surface area (Å²) < 4.78 is 41.3. The molecule has 0 spiro atoms. The van der Waals surface area contributed by atoms with Crippen LogP contribution >= 0.6 is 0 Å². The van der Waals surface area contributed by atoms with Crippen molar-refractivity contribution in [2.75, 3.05) is 27.4 Å². The Morgan fingerprint density at radius 3 is 1.07 bits per heavy atom. The van der Waals surface area contributed by atoms with E-state index in [4.69, 9.17) is 33.2 Å². The number of rotatable bonds is 24. The van der Waals surface area contributed by atoms with Gasteiger partial charge in [-0.25, -0.2) is 4.79 Å². The molecule has 4 aliphatic rings. The zero-order valence-corrected chi connectivity index (χ0v) is 67.1. The minimum absolute atomic E-state index is 0.0113. The highest BCUT2D eigenvalue weighted by atomic mass is 16.6. The van der Waals surface area contributed by atoms with Gasteiger partial charge < -0.3 is 43.4 Å². The third-order valence-corrected chi connectivity index (χ3v) is 23.2. The molecule has 0 aromatic heterocycles. The lowest BCUT2D eigenvalue weighted by Gasteiger charge is -2.40. The Morgan fingerprint density at radius 1 is 0.352 bits per heavy atom. The van der Waals surface area contributed by atoms with Crippen LogP contribution < -0.4 is 29.0 Å². The van der Waals surface area contributed by atoms with Crippen LogP contribution in [0.25, 0.3) is 0 Å². The minimum atomic E-state index is -1.10. The van der Waals surface area contributed by atoms with Crippen LogP contribution in [-0.2, 0) is 32.6 Å². The van der Waals surface area contributed by atoms with Crippen LogP contribution in [0.15, 0.2) is 364 Å². The van der Waals surface area contributed by atoms with Crippen LogP contribution in [-0.4, -0.2) is 73.5 Å². The van der Waals surface area contributed by atoms with Gasteiger partial charge in [0.15, 0.2) is 23.0 Å². The molecule has 15 aromatic carbocycles. The summed E-state index contributed by atoms with van der Waals surface area (Å²) in [6.07, 6.45) is 0.638. The normalized spacial score (nSPS) is 17.0. The summed E-state index contributed by atoms with van der Waals surface area (Å²) in [4.78, 5) is 82.4. The third kappa shape index (κ3) is 14.9. The number of cyclic esters (lactones) is 1. The SMILES string of the molecule is COc1ccc(C2(c3ccc(Cc4ccc(C(=O)c5ccc(Oc6ccc(C7(c8ccc(Oc9ccc(C(=O)c%10ccc(C)cc%10)cc9)cc8)NC(=O)c8ccccc87)cc6)cc5)cc4)cc3)c3ccccc3C(=O)N2CC2CO2)cc1.COc1ccc(C2(c3ccc(Oc4ccc(C(=O)c5ccc(C)cc5)cc4)cc3)OC(=O)c3ccccc32)cc1. The molecule has 4 unspecified atom stereocenters. The number of benzene rings is 15. The number of carbonyl (C=O) groups is 6. The van der Waals surface area contributed by atoms with Gasteiger partial charge in [0.2, 0.25) is 0 Å². The third-order valence-electron chi connectivity index (χ3n) is 23.2. The molecule has 0 radical (unpaired) electrons. The predicted molar refractivity (Wildman–Crippen MR) is 466 cm³/mol. The molecular formula is C107H80N2O13. The van der Waals surface area contributed by atoms with E-state index in [0.29, 0.717) is 110 Å². The van der Waals surface area contributed by atoms with Crippen LogP contribution in [0.2, 0.25) is 0 Å². The summed E-state index contributed by atoms with van der Waals surface area (Å²) >= 11 is 0. The molecule has 1 N–H and O–H groups in total. The zero-order chi connectivity index (χ0) is 83.6. The van der Waals surface area contributed by atoms with E-state index in [2.05, 4.69) is 35.6 Å². The monoisotopic (exact) mass is 1600 g/mol. The number of nitrogens with one attached hydrogen (secondary N) is 1. The second kappa shape index (κ2) is 32.9. The first-order chi connectivity index (χ1) is 59.5. The van der Waals surface area contributed by atoms with Gasteiger partial charge in [-0.3, -0.25) is 24.0 Å². The molecule has 15 heteroatoms. The summed E-state index contributed by atoms with van der Waals surface area (Å²) in [7, 11) is 3.26. The smallest absolute Gasteiger partial charge is 0.340 e. The van der Waals surface area contributed by atoms with E-state index in [1.807, 2.05) is 274 Å². The molecule has 1 fully saturated rings. The molecule has 4 heterocycles. The second-order valence-corrected chi connectivity index (χ2v) is 30.7. The number of ether oxygens (including phenoxy) is 7. The predicted octanol–water partition coefficient (Wildman–Crippen LogP) is 21.3. The standard InChI is InChI=1S/C72H54N2O8.C35H26O5/c1-46-11-17-49(18-12-46)67(75)51-21-33-58(34-22-51)81-60-39-27-53(28-40-60)71(65-9-5-3-7-63(65)69(77)73-71)54-29-41-61(42-30-54)82-59-35-23-52(24-36-59)68(76)50-19-13-47(14-20-50)43-48-15-25-55(26-16-48)72(56-31-37-57(79-2)38-32-56)66-10-6-4-8-64(66)70(78)74(72)44-62-45-80-62;1-23-7-9-24(10-8-23)33(36)25-11-17-29(18-12-25)39-30-21-15-27(16-22-30)35(26-13-19-28(38-2)20-14-26)32-6-4-3-5-31(32)34(37)40-35/h3-42,62H,43-45H2,1-2H3,(H,73,77);3-22H,1-2H3. The first-order valence-electron chi connectivity index (χ1n) is 40.2. The topological polar surface area (TPSA) is 186 Å². The number of ketones is 3. The fourth-order valence-corrected chi connectivity index (χ4v) is 16.7. The number of fused-ring (bicyclic) bond motifs is 3. The van der Waals surface area contributed by atoms with Crippen molar-refractivity contribution in [3.63, 3.8) is 0 Å². The van der Waals surface area contributed by atoms with Gasteiger partial charge in [-0.2, -0.15) is 0 Å². The summed E-state index contributed by atoms with van der Waals surface area (Å²) in [6, 6.07) is 114. The Morgan fingerprint density at radius 2 is 0.664 bits per heavy atom. The van der Waals surface area contributed by atoms with Crippen molar-refractivity contribution in [2.45, 2.75) is 43.1 Å². The van der Waals surface area contributed by atoms with E-state index < -0.39 is 16.7 Å². The summed E-state index contributed by atoms with van der Waals surface area (Å²) in [6.45, 7) is 5.08. The maximum Gasteiger partial charge on any atom is 0.340 e. The van der Waals surface area contributed by atoms with Gasteiger partial charge in [0, 0.05) is 61.2 Å². The van der Waals surface area contributed by atoms with Gasteiger partial charge in [-0.05, 0) is 216 Å². The number of methoxy groups -OCH3 is 2. The van der Waals surface area contributed by atoms with Crippen molar-refractivity contribution in [2.24, 2.45) is 0 Å². The molecule has 0 saturated carbocycles. The minimum Gasteiger partial charge on any atom is -0.497 e. The van der Waals surface area contributed by atoms with E-state index in [-0.39, 0.29) is 41.2 Å². The molecule has 0 aliphatic carbocycles. The molecule has 596 valence electrons. The number of esters is 1. The zero-order valence-electron chi connectivity index (χ0n) is 67.1. The summed E-state index contributed by atoms with van der Waals surface area (Å²) in [5.41, 5.74) is 14.5. The Labute approximate surface area is 705 Å². The fourth-order valence-electron chi connectivity index (χ4n) is 16.7. The number of aryl methyl sites for hydroxylation is 2. The van der Waals surface area contributed by atoms with Gasteiger partial charge in [0.25, 0.3) is 11.8 Å². The average Bonchev–Trinajstić information content (AvgIpc) is 1.55. The molecule has 15 nitrogen and oxygen atoms in total. The maximum atomic E-state index is 14.2. The highest BCUT2D eigenvalue weighted by Gasteiger charge is 2.54. The molecule has 19 rings (SSSR count). The van der Waals surface area contributed by atoms with E-state index >= 15 is 0 Å². The van der Waals surface area contributed by atoms with Crippen molar-refractivity contribution in [3.8, 4) is 46.0 Å². The first kappa shape index (κ1) is 77.9. The van der Waals surface area contributed by atoms with E-state index in [9.17, 15) is 28.8 Å². The van der Waals surface area contributed by atoms with E-state index in [1.54, 1.807) is 93.1 Å². The summed E-state index contributed by atoms with van der Waals surface area (Å²) in [5.74, 6) is 4.24. The van der Waals surface area contributed by atoms with Crippen molar-refractivity contribution in [3.05, 3.63) is 486 Å². The lowest BCUT2D eigenvalue weighted by Crippen LogP contribution is -2.47. The Bertz CT molecular complexity index is 6460. The van der Waals surface area contributed by atoms with Crippen LogP contribution in [0.4, 0.5) is 0 Å². The number of hydrogen-bond donors (Lipinski definition) is 1. The number of hydrogen-bond acceptors (Lipinski definition) is 13. The molecule has 4 aliphatic heterocycles. The molecule has 4 atom stereocenters. The van der Waals surface area contributed by atoms with Crippen molar-refractivity contribution in [1.82, 2.24) is 10.2 Å². The average molecular weight is 1600 g/mol. The van der Waals surface area contributed by atoms with Crippen molar-refractivity contribution < 1.29 is 61.9 Å². The van der Waals surface area contributed by atoms with Crippen LogP contribution in [0.5, 0.6) is 46.0 Å². The van der Waals surface area contributed by atoms with Crippen LogP contribution in [0.1, 0.15) is 151 Å². The number of nitrogens with zero attached hydrogens (tertiary/aromatic N) is 1. The second-order valence-electron chi connectivity index (χ2n) is 30.7. The van der Waals surface area contributed by atoms with Crippen molar-refractivity contribution >= 4 is 35.1 Å². The van der Waals surface area contributed by atoms with Crippen LogP contribution in [0.3, 0.4) is 0 Å². The number of carbonyl (C=O) groups excluding carboxylic acids is 6. The first-order valence-corrected chi connectivity index (χ1v) is 40.2. The Kier molecular flexibility index (Phi) is 21.0. The highest BCUT2D eigenvalue weighted by molar-refractivity contribution is 6.11. The van der Waals surface area contributed by atoms with Gasteiger partial charge >= 0.3 is 5.97 Å². The van der Waals surface area contributed by atoms with Crippen LogP contribution in [0, 0.1) is 13.8 Å². The van der Waals surface area contributed by atoms with Crippen molar-refractivity contribution in [1.29, 1.82) is 0 Å². The van der Waals surface area contributed by atoms with Gasteiger partial charge in [-0.1, -0.05) is 223 Å². The largest absolute Gasteiger partial charge is 0.497 e. The lowest BCUT2D eigenvalue weighted by atomic mass is 9.76. The number of epoxide rings is 1. The summed E-state index contributed by atoms with van der Waals surface area (Å²) in [5, 5.41) is 3.31.